The predicted molar refractivity (Wildman–Crippen MR) is 101 cm³/mol. The minimum absolute atomic E-state index is 0.0439. The lowest BCUT2D eigenvalue weighted by molar-refractivity contribution is -0.119. The van der Waals surface area contributed by atoms with Crippen LogP contribution in [0.15, 0.2) is 16.9 Å². The summed E-state index contributed by atoms with van der Waals surface area (Å²) in [6, 6.07) is -0.151. The monoisotopic (exact) mass is 425 g/mol. The fourth-order valence-corrected chi connectivity index (χ4v) is 3.80. The van der Waals surface area contributed by atoms with E-state index in [9.17, 15) is 9.59 Å². The van der Waals surface area contributed by atoms with Crippen molar-refractivity contribution in [3.8, 4) is 0 Å². The van der Waals surface area contributed by atoms with E-state index in [0.717, 1.165) is 34.9 Å². The van der Waals surface area contributed by atoms with Gasteiger partial charge in [-0.3, -0.25) is 4.79 Å². The van der Waals surface area contributed by atoms with Crippen LogP contribution >= 0.6 is 15.9 Å². The van der Waals surface area contributed by atoms with Gasteiger partial charge in [0.25, 0.3) is 0 Å². The van der Waals surface area contributed by atoms with Crippen LogP contribution in [0.1, 0.15) is 12.8 Å². The van der Waals surface area contributed by atoms with E-state index in [1.54, 1.807) is 12.4 Å². The Morgan fingerprint density at radius 3 is 3.08 bits per heavy atom. The molecule has 1 atom stereocenters. The third-order valence-corrected chi connectivity index (χ3v) is 4.82. The van der Waals surface area contributed by atoms with Crippen LogP contribution in [-0.2, 0) is 9.53 Å². The lowest BCUT2D eigenvalue weighted by atomic mass is 10.0. The molecule has 1 unspecified atom stereocenters. The van der Waals surface area contributed by atoms with E-state index in [1.165, 1.54) is 7.11 Å². The number of ether oxygens (including phenoxy) is 1. The number of amides is 2. The number of hydrogen-bond donors (Lipinski definition) is 4. The molecule has 140 valence electrons. The number of hydrogen-bond acceptors (Lipinski definition) is 5. The Balaban J connectivity index is 1.96. The van der Waals surface area contributed by atoms with Crippen molar-refractivity contribution in [1.29, 1.82) is 0 Å². The Kier molecular flexibility index (Phi) is 5.62. The Morgan fingerprint density at radius 1 is 1.54 bits per heavy atom. The van der Waals surface area contributed by atoms with Crippen molar-refractivity contribution >= 4 is 50.3 Å². The number of anilines is 2. The van der Waals surface area contributed by atoms with Crippen LogP contribution in [0.4, 0.5) is 16.2 Å². The fraction of sp³-hybridized carbons (Fsp3) is 0.438. The van der Waals surface area contributed by atoms with Crippen LogP contribution in [0.5, 0.6) is 0 Å². The van der Waals surface area contributed by atoms with E-state index in [0.29, 0.717) is 17.9 Å². The number of nitrogens with one attached hydrogen (secondary N) is 3. The maximum absolute atomic E-state index is 11.9. The van der Waals surface area contributed by atoms with Crippen molar-refractivity contribution in [2.45, 2.75) is 18.9 Å². The zero-order valence-corrected chi connectivity index (χ0v) is 15.8. The number of rotatable bonds is 5. The van der Waals surface area contributed by atoms with Gasteiger partial charge in [0.2, 0.25) is 5.91 Å². The number of carbonyl (C=O) groups is 2. The maximum Gasteiger partial charge on any atom is 0.404 e. The molecule has 0 spiro atoms. The van der Waals surface area contributed by atoms with Gasteiger partial charge in [0, 0.05) is 38.6 Å². The molecule has 3 heterocycles. The summed E-state index contributed by atoms with van der Waals surface area (Å²) in [5, 5.41) is 15.2. The first-order valence-corrected chi connectivity index (χ1v) is 8.97. The Hall–Kier alpha value is -2.33. The summed E-state index contributed by atoms with van der Waals surface area (Å²) in [7, 11) is 1.46. The molecule has 1 aliphatic rings. The standard InChI is InChI=1S/C16H20BrN5O4/c1-26-8-12(23)21-11-6-19-15-13(11)14(10(17)5-18-15)22-4-2-3-9(7-22)20-16(24)25/h5-6,9,20H,2-4,7-8H2,1H3,(H,18,19)(H,21,23)(H,24,25). The molecule has 0 saturated carbocycles. The van der Waals surface area contributed by atoms with Crippen molar-refractivity contribution in [2.75, 3.05) is 37.0 Å². The summed E-state index contributed by atoms with van der Waals surface area (Å²) < 4.78 is 5.64. The molecule has 26 heavy (non-hydrogen) atoms. The summed E-state index contributed by atoms with van der Waals surface area (Å²) >= 11 is 3.55. The van der Waals surface area contributed by atoms with Gasteiger partial charge in [-0.2, -0.15) is 0 Å². The van der Waals surface area contributed by atoms with E-state index >= 15 is 0 Å². The number of carboxylic acid groups (broad SMARTS) is 1. The summed E-state index contributed by atoms with van der Waals surface area (Å²) in [5.74, 6) is -0.261. The zero-order valence-electron chi connectivity index (χ0n) is 14.2. The van der Waals surface area contributed by atoms with Gasteiger partial charge < -0.3 is 30.4 Å². The van der Waals surface area contributed by atoms with E-state index in [-0.39, 0.29) is 18.6 Å². The van der Waals surface area contributed by atoms with E-state index < -0.39 is 6.09 Å². The van der Waals surface area contributed by atoms with Crippen LogP contribution in [0, 0.1) is 0 Å². The molecule has 9 nitrogen and oxygen atoms in total. The number of nitrogens with zero attached hydrogens (tertiary/aromatic N) is 2. The Bertz CT molecular complexity index is 824. The normalized spacial score (nSPS) is 17.3. The quantitative estimate of drug-likeness (QED) is 0.582. The highest BCUT2D eigenvalue weighted by Crippen LogP contribution is 2.38. The SMILES string of the molecule is COCC(=O)Nc1c[nH]c2ncc(Br)c(N3CCCC(NC(=O)O)C3)c12. The number of piperidine rings is 1. The van der Waals surface area contributed by atoms with Crippen molar-refractivity contribution in [3.05, 3.63) is 16.9 Å². The molecule has 0 aromatic carbocycles. The van der Waals surface area contributed by atoms with Gasteiger partial charge in [0.1, 0.15) is 12.3 Å². The molecule has 0 radical (unpaired) electrons. The summed E-state index contributed by atoms with van der Waals surface area (Å²) in [6.07, 6.45) is 4.02. The lowest BCUT2D eigenvalue weighted by Gasteiger charge is -2.35. The number of aromatic amines is 1. The Labute approximate surface area is 158 Å². The van der Waals surface area contributed by atoms with Gasteiger partial charge in [-0.15, -0.1) is 0 Å². The molecule has 2 aromatic heterocycles. The first-order valence-electron chi connectivity index (χ1n) is 8.18. The topological polar surface area (TPSA) is 120 Å². The second kappa shape index (κ2) is 7.92. The van der Waals surface area contributed by atoms with Crippen molar-refractivity contribution in [2.24, 2.45) is 0 Å². The molecule has 2 aromatic rings. The van der Waals surface area contributed by atoms with Crippen molar-refractivity contribution < 1.29 is 19.4 Å². The highest BCUT2D eigenvalue weighted by Gasteiger charge is 2.26. The van der Waals surface area contributed by atoms with Crippen molar-refractivity contribution in [1.82, 2.24) is 15.3 Å². The molecule has 3 rings (SSSR count). The van der Waals surface area contributed by atoms with Crippen LogP contribution < -0.4 is 15.5 Å². The van der Waals surface area contributed by atoms with E-state index in [4.69, 9.17) is 9.84 Å². The van der Waals surface area contributed by atoms with Gasteiger partial charge in [0.05, 0.1) is 21.2 Å². The van der Waals surface area contributed by atoms with Gasteiger partial charge in [-0.1, -0.05) is 0 Å². The molecule has 0 bridgehead atoms. The van der Waals surface area contributed by atoms with Gasteiger partial charge in [-0.05, 0) is 28.8 Å². The second-order valence-electron chi connectivity index (χ2n) is 6.10. The summed E-state index contributed by atoms with van der Waals surface area (Å²) in [5.41, 5.74) is 2.13. The second-order valence-corrected chi connectivity index (χ2v) is 6.95. The van der Waals surface area contributed by atoms with Gasteiger partial charge in [0.15, 0.2) is 0 Å². The molecule has 2 amide bonds. The number of fused-ring (bicyclic) bond motifs is 1. The smallest absolute Gasteiger partial charge is 0.404 e. The fourth-order valence-electron chi connectivity index (χ4n) is 3.25. The largest absolute Gasteiger partial charge is 0.465 e. The molecule has 10 heteroatoms. The van der Waals surface area contributed by atoms with Gasteiger partial charge in [-0.25, -0.2) is 9.78 Å². The number of H-pyrrole nitrogens is 1. The molecule has 1 aliphatic heterocycles. The lowest BCUT2D eigenvalue weighted by Crippen LogP contribution is -2.47. The summed E-state index contributed by atoms with van der Waals surface area (Å²) in [4.78, 5) is 32.4. The minimum Gasteiger partial charge on any atom is -0.465 e. The molecule has 1 saturated heterocycles. The van der Waals surface area contributed by atoms with Crippen LogP contribution in [0.3, 0.4) is 0 Å². The Morgan fingerprint density at radius 2 is 2.35 bits per heavy atom. The minimum atomic E-state index is -1.02. The third-order valence-electron chi connectivity index (χ3n) is 4.24. The highest BCUT2D eigenvalue weighted by molar-refractivity contribution is 9.10. The first kappa shape index (κ1) is 18.5. The van der Waals surface area contributed by atoms with E-state index in [2.05, 4.69) is 41.4 Å². The molecule has 4 N–H and O–H groups in total. The highest BCUT2D eigenvalue weighted by atomic mass is 79.9. The average Bonchev–Trinajstić information content (AvgIpc) is 2.97. The number of pyridine rings is 1. The zero-order chi connectivity index (χ0) is 18.7. The molecule has 0 aliphatic carbocycles. The van der Waals surface area contributed by atoms with E-state index in [1.807, 2.05) is 0 Å². The van der Waals surface area contributed by atoms with Crippen molar-refractivity contribution in [3.63, 3.8) is 0 Å². The molecular formula is C16H20BrN5O4. The molecule has 1 fully saturated rings. The molecular weight excluding hydrogens is 406 g/mol. The van der Waals surface area contributed by atoms with Crippen LogP contribution in [0.2, 0.25) is 0 Å². The van der Waals surface area contributed by atoms with Crippen LogP contribution in [-0.4, -0.2) is 59.9 Å². The number of aromatic nitrogens is 2. The number of halogens is 1. The summed E-state index contributed by atoms with van der Waals surface area (Å²) in [6.45, 7) is 1.28. The number of carbonyl (C=O) groups excluding carboxylic acids is 1. The third kappa shape index (κ3) is 3.91. The average molecular weight is 426 g/mol. The predicted octanol–water partition coefficient (Wildman–Crippen LogP) is 2.15. The van der Waals surface area contributed by atoms with Gasteiger partial charge >= 0.3 is 6.09 Å². The van der Waals surface area contributed by atoms with Crippen LogP contribution in [0.25, 0.3) is 11.0 Å². The maximum atomic E-state index is 11.9. The number of methoxy groups -OCH3 is 1. The first-order chi connectivity index (χ1) is 12.5.